The van der Waals surface area contributed by atoms with E-state index in [1.165, 1.54) is 10.8 Å². The number of benzene rings is 3. The van der Waals surface area contributed by atoms with Crippen LogP contribution in [0.4, 0.5) is 0 Å². The first-order valence-corrected chi connectivity index (χ1v) is 20.0. The number of rotatable bonds is 11. The Bertz CT molecular complexity index is 1850. The predicted molar refractivity (Wildman–Crippen MR) is 198 cm³/mol. The van der Waals surface area contributed by atoms with Crippen LogP contribution in [0, 0.1) is 6.92 Å². The molecule has 0 bridgehead atoms. The van der Waals surface area contributed by atoms with Gasteiger partial charge in [0.1, 0.15) is 23.7 Å². The standard InChI is InChI=1S/C39H51N3O7Si/c1-26-24-42(35(45)41-34(26)44)37(22-23-40)25-38(46,50(7,8)36(2,3)4)33(49-37)32(43)39(27-12-10-9-11-13-27,28-14-18-30(47-5)19-15-28)29-16-20-31(48-6)21-17-29/h9-21,24,32-33,43,46H,22-23,25,40H2,1-8H3,(H,41,44,45)/t32?,33-,37-,38-/m1/s1. The molecule has 11 heteroatoms. The Kier molecular flexibility index (Phi) is 10.1. The number of methoxy groups -OCH3 is 2. The largest absolute Gasteiger partial charge is 0.497 e. The molecule has 0 saturated carbocycles. The smallest absolute Gasteiger partial charge is 0.330 e. The first-order chi connectivity index (χ1) is 23.5. The Balaban J connectivity index is 1.89. The molecule has 0 aliphatic carbocycles. The SMILES string of the molecule is COc1ccc(C(c2ccccc2)(c2ccc(OC)cc2)C(O)[C@H]2O[C@@](CCN)(n3cc(C)c(=O)[nH]c3=O)C[C@@]2(O)[Si](C)(C)C(C)(C)C)cc1. The summed E-state index contributed by atoms with van der Waals surface area (Å²) in [4.78, 5) is 28.5. The fourth-order valence-corrected chi connectivity index (χ4v) is 10.5. The van der Waals surface area contributed by atoms with Gasteiger partial charge in [0.15, 0.2) is 5.72 Å². The second-order valence-corrected chi connectivity index (χ2v) is 20.6. The van der Waals surface area contributed by atoms with Crippen molar-refractivity contribution in [2.45, 2.75) is 87.2 Å². The average Bonchev–Trinajstić information content (AvgIpc) is 3.41. The quantitative estimate of drug-likeness (QED) is 0.128. The lowest BCUT2D eigenvalue weighted by molar-refractivity contribution is -0.157. The number of aliphatic hydroxyl groups is 2. The third-order valence-electron chi connectivity index (χ3n) is 11.5. The molecule has 0 radical (unpaired) electrons. The highest BCUT2D eigenvalue weighted by atomic mass is 28.3. The third-order valence-corrected chi connectivity index (χ3v) is 17.8. The summed E-state index contributed by atoms with van der Waals surface area (Å²) in [5.74, 6) is 1.29. The highest BCUT2D eigenvalue weighted by Gasteiger charge is 2.69. The van der Waals surface area contributed by atoms with Crippen molar-refractivity contribution in [2.75, 3.05) is 20.8 Å². The number of aromatic nitrogens is 2. The molecule has 0 spiro atoms. The summed E-state index contributed by atoms with van der Waals surface area (Å²) in [5, 5.41) is 24.9. The molecule has 1 saturated heterocycles. The minimum Gasteiger partial charge on any atom is -0.497 e. The number of aryl methyl sites for hydroxylation is 1. The lowest BCUT2D eigenvalue weighted by Gasteiger charge is -2.52. The zero-order chi connectivity index (χ0) is 36.7. The number of aliphatic hydroxyl groups excluding tert-OH is 1. The Morgan fingerprint density at radius 1 is 0.940 bits per heavy atom. The van der Waals surface area contributed by atoms with Crippen LogP contribution in [-0.4, -0.2) is 66.0 Å². The van der Waals surface area contributed by atoms with Gasteiger partial charge in [0.25, 0.3) is 5.56 Å². The lowest BCUT2D eigenvalue weighted by Crippen LogP contribution is -2.68. The van der Waals surface area contributed by atoms with Crippen LogP contribution < -0.4 is 26.5 Å². The maximum absolute atomic E-state index is 13.6. The number of aromatic amines is 1. The molecule has 1 aliphatic rings. The van der Waals surface area contributed by atoms with E-state index in [9.17, 15) is 19.8 Å². The van der Waals surface area contributed by atoms with Gasteiger partial charge in [-0.05, 0) is 59.5 Å². The molecule has 50 heavy (non-hydrogen) atoms. The van der Waals surface area contributed by atoms with Crippen molar-refractivity contribution >= 4 is 8.07 Å². The molecule has 3 aromatic carbocycles. The first kappa shape index (κ1) is 37.3. The Morgan fingerprint density at radius 3 is 1.90 bits per heavy atom. The third kappa shape index (κ3) is 5.94. The minimum absolute atomic E-state index is 0.0308. The van der Waals surface area contributed by atoms with Gasteiger partial charge in [-0.2, -0.15) is 0 Å². The highest BCUT2D eigenvalue weighted by Crippen LogP contribution is 2.57. The molecule has 2 heterocycles. The van der Waals surface area contributed by atoms with Gasteiger partial charge in [-0.15, -0.1) is 0 Å². The summed E-state index contributed by atoms with van der Waals surface area (Å²) < 4.78 is 19.5. The number of H-pyrrole nitrogens is 1. The summed E-state index contributed by atoms with van der Waals surface area (Å²) in [7, 11) is 0.273. The van der Waals surface area contributed by atoms with Crippen LogP contribution in [0.15, 0.2) is 94.6 Å². The van der Waals surface area contributed by atoms with Crippen LogP contribution >= 0.6 is 0 Å². The van der Waals surface area contributed by atoms with Crippen molar-refractivity contribution in [1.82, 2.24) is 9.55 Å². The molecule has 268 valence electrons. The molecule has 1 fully saturated rings. The number of nitrogens with one attached hydrogen (secondary N) is 1. The minimum atomic E-state index is -2.92. The summed E-state index contributed by atoms with van der Waals surface area (Å²) >= 11 is 0. The molecule has 0 amide bonds. The summed E-state index contributed by atoms with van der Waals surface area (Å²) in [5.41, 5.74) is 4.79. The highest BCUT2D eigenvalue weighted by molar-refractivity contribution is 6.83. The Hall–Kier alpha value is -4.00. The molecule has 1 aromatic heterocycles. The van der Waals surface area contributed by atoms with Gasteiger partial charge in [0.05, 0.1) is 32.9 Å². The van der Waals surface area contributed by atoms with Gasteiger partial charge in [0.2, 0.25) is 0 Å². The second kappa shape index (κ2) is 13.6. The van der Waals surface area contributed by atoms with Gasteiger partial charge in [-0.1, -0.05) is 88.5 Å². The van der Waals surface area contributed by atoms with E-state index in [0.29, 0.717) is 17.1 Å². The van der Waals surface area contributed by atoms with Crippen LogP contribution in [0.3, 0.4) is 0 Å². The van der Waals surface area contributed by atoms with E-state index in [-0.39, 0.29) is 24.4 Å². The van der Waals surface area contributed by atoms with Crippen molar-refractivity contribution in [2.24, 2.45) is 5.73 Å². The van der Waals surface area contributed by atoms with Crippen molar-refractivity contribution in [3.05, 3.63) is 128 Å². The fraction of sp³-hybridized carbons (Fsp3) is 0.436. The van der Waals surface area contributed by atoms with E-state index in [0.717, 1.165) is 16.7 Å². The molecule has 1 unspecified atom stereocenters. The van der Waals surface area contributed by atoms with Crippen LogP contribution in [0.1, 0.15) is 55.9 Å². The van der Waals surface area contributed by atoms with Crippen molar-refractivity contribution < 1.29 is 24.4 Å². The molecular weight excluding hydrogens is 651 g/mol. The first-order valence-electron chi connectivity index (χ1n) is 17.0. The molecule has 10 nitrogen and oxygen atoms in total. The van der Waals surface area contributed by atoms with Crippen LogP contribution in [0.2, 0.25) is 18.1 Å². The van der Waals surface area contributed by atoms with E-state index in [1.54, 1.807) is 21.1 Å². The van der Waals surface area contributed by atoms with Crippen LogP contribution in [-0.2, 0) is 15.9 Å². The maximum Gasteiger partial charge on any atom is 0.330 e. The normalized spacial score (nSPS) is 21.9. The maximum atomic E-state index is 13.6. The van der Waals surface area contributed by atoms with E-state index in [1.807, 2.05) is 78.9 Å². The number of ether oxygens (including phenoxy) is 3. The summed E-state index contributed by atoms with van der Waals surface area (Å²) in [6, 6.07) is 24.7. The second-order valence-electron chi connectivity index (χ2n) is 15.0. The van der Waals surface area contributed by atoms with Crippen molar-refractivity contribution in [1.29, 1.82) is 0 Å². The molecular formula is C39H51N3O7Si. The molecule has 4 aromatic rings. The average molecular weight is 702 g/mol. The number of nitrogens with zero attached hydrogens (tertiary/aromatic N) is 1. The van der Waals surface area contributed by atoms with Gasteiger partial charge in [0, 0.05) is 24.6 Å². The summed E-state index contributed by atoms with van der Waals surface area (Å²) in [6.07, 6.45) is -1.09. The summed E-state index contributed by atoms with van der Waals surface area (Å²) in [6.45, 7) is 12.2. The van der Waals surface area contributed by atoms with Gasteiger partial charge >= 0.3 is 5.69 Å². The number of nitrogens with two attached hydrogens (primary N) is 1. The van der Waals surface area contributed by atoms with Gasteiger partial charge in [-0.3, -0.25) is 14.3 Å². The van der Waals surface area contributed by atoms with E-state index < -0.39 is 47.9 Å². The predicted octanol–water partition coefficient (Wildman–Crippen LogP) is 4.83. The van der Waals surface area contributed by atoms with Crippen molar-refractivity contribution in [3.8, 4) is 11.5 Å². The van der Waals surface area contributed by atoms with Crippen LogP contribution in [0.25, 0.3) is 0 Å². The van der Waals surface area contributed by atoms with Gasteiger partial charge < -0.3 is 30.2 Å². The van der Waals surface area contributed by atoms with Crippen molar-refractivity contribution in [3.63, 3.8) is 0 Å². The Labute approximate surface area is 294 Å². The zero-order valence-electron chi connectivity index (χ0n) is 30.3. The lowest BCUT2D eigenvalue weighted by atomic mass is 9.64. The van der Waals surface area contributed by atoms with Crippen LogP contribution in [0.5, 0.6) is 11.5 Å². The molecule has 5 rings (SSSR count). The molecule has 5 N–H and O–H groups in total. The fourth-order valence-electron chi connectivity index (χ4n) is 7.60. The Morgan fingerprint density at radius 2 is 1.44 bits per heavy atom. The monoisotopic (exact) mass is 701 g/mol. The molecule has 4 atom stereocenters. The van der Waals surface area contributed by atoms with E-state index in [2.05, 4.69) is 38.8 Å². The van der Waals surface area contributed by atoms with E-state index >= 15 is 0 Å². The zero-order valence-corrected chi connectivity index (χ0v) is 31.3. The topological polar surface area (TPSA) is 149 Å². The number of hydrogen-bond acceptors (Lipinski definition) is 8. The number of hydrogen-bond donors (Lipinski definition) is 4. The molecule has 1 aliphatic heterocycles. The van der Waals surface area contributed by atoms with E-state index in [4.69, 9.17) is 19.9 Å². The van der Waals surface area contributed by atoms with Gasteiger partial charge in [-0.25, -0.2) is 4.79 Å².